The summed E-state index contributed by atoms with van der Waals surface area (Å²) in [5.74, 6) is 0.629. The lowest BCUT2D eigenvalue weighted by atomic mass is 10.0. The molecule has 112 valence electrons. The fraction of sp³-hybridized carbons (Fsp3) is 0.294. The molecule has 1 unspecified atom stereocenters. The Hall–Kier alpha value is -2.56. The Labute approximate surface area is 126 Å². The van der Waals surface area contributed by atoms with Gasteiger partial charge in [0.1, 0.15) is 0 Å². The molecule has 0 saturated heterocycles. The second-order valence-electron chi connectivity index (χ2n) is 5.98. The molecule has 0 radical (unpaired) electrons. The number of rotatable bonds is 0. The van der Waals surface area contributed by atoms with Crippen molar-refractivity contribution in [2.45, 2.75) is 27.0 Å². The fourth-order valence-corrected chi connectivity index (χ4v) is 3.42. The summed E-state index contributed by atoms with van der Waals surface area (Å²) in [5.41, 5.74) is 3.21. The molecule has 0 bridgehead atoms. The molecule has 5 nitrogen and oxygen atoms in total. The van der Waals surface area contributed by atoms with E-state index in [4.69, 9.17) is 4.74 Å². The summed E-state index contributed by atoms with van der Waals surface area (Å²) in [7, 11) is 1.73. The van der Waals surface area contributed by atoms with Crippen LogP contribution < -0.4 is 15.9 Å². The third-order valence-electron chi connectivity index (χ3n) is 4.56. The number of hydrogen-bond donors (Lipinski definition) is 0. The minimum atomic E-state index is -0.369. The van der Waals surface area contributed by atoms with Gasteiger partial charge in [-0.15, -0.1) is 0 Å². The number of fused-ring (bicyclic) bond motifs is 2. The predicted octanol–water partition coefficient (Wildman–Crippen LogP) is 2.38. The molecule has 0 fully saturated rings. The SMILES string of the molecule is Cc1cc(=O)n(C)c2c3c4c(cc12)c(C)cc(=O)n4C(C)O3. The van der Waals surface area contributed by atoms with E-state index in [0.29, 0.717) is 5.75 Å². The molecule has 0 N–H and O–H groups in total. The lowest BCUT2D eigenvalue weighted by Crippen LogP contribution is -2.21. The number of benzene rings is 1. The number of aryl methyl sites for hydroxylation is 3. The van der Waals surface area contributed by atoms with Gasteiger partial charge in [0, 0.05) is 30.0 Å². The molecule has 3 heterocycles. The summed E-state index contributed by atoms with van der Waals surface area (Å²) in [5, 5.41) is 1.97. The Bertz CT molecular complexity index is 1090. The monoisotopic (exact) mass is 296 g/mol. The van der Waals surface area contributed by atoms with Crippen LogP contribution >= 0.6 is 0 Å². The zero-order valence-corrected chi connectivity index (χ0v) is 12.9. The van der Waals surface area contributed by atoms with Gasteiger partial charge in [0.25, 0.3) is 11.1 Å². The largest absolute Gasteiger partial charge is 0.466 e. The average molecular weight is 296 g/mol. The second kappa shape index (κ2) is 4.00. The quantitative estimate of drug-likeness (QED) is 0.599. The van der Waals surface area contributed by atoms with Gasteiger partial charge in [-0.05, 0) is 38.0 Å². The molecule has 1 aliphatic heterocycles. The summed E-state index contributed by atoms with van der Waals surface area (Å²) in [6.07, 6.45) is -0.369. The molecule has 0 amide bonds. The van der Waals surface area contributed by atoms with Crippen molar-refractivity contribution >= 4 is 21.8 Å². The lowest BCUT2D eigenvalue weighted by molar-refractivity contribution is 0.181. The van der Waals surface area contributed by atoms with Crippen LogP contribution in [-0.2, 0) is 7.05 Å². The van der Waals surface area contributed by atoms with E-state index < -0.39 is 0 Å². The highest BCUT2D eigenvalue weighted by atomic mass is 16.5. The van der Waals surface area contributed by atoms with Gasteiger partial charge >= 0.3 is 0 Å². The van der Waals surface area contributed by atoms with Gasteiger partial charge < -0.3 is 9.30 Å². The van der Waals surface area contributed by atoms with Crippen LogP contribution in [0.15, 0.2) is 27.8 Å². The number of aromatic nitrogens is 2. The maximum Gasteiger partial charge on any atom is 0.254 e. The average Bonchev–Trinajstić information content (AvgIpc) is 2.79. The zero-order chi connectivity index (χ0) is 15.8. The van der Waals surface area contributed by atoms with Crippen LogP contribution in [0.3, 0.4) is 0 Å². The van der Waals surface area contributed by atoms with Gasteiger partial charge in [0.15, 0.2) is 12.0 Å². The van der Waals surface area contributed by atoms with Gasteiger partial charge in [0.05, 0.1) is 11.0 Å². The van der Waals surface area contributed by atoms with Crippen molar-refractivity contribution in [1.82, 2.24) is 9.13 Å². The van der Waals surface area contributed by atoms with Crippen molar-refractivity contribution in [2.75, 3.05) is 0 Å². The molecule has 2 aromatic heterocycles. The highest BCUT2D eigenvalue weighted by Gasteiger charge is 2.27. The normalized spacial score (nSPS) is 16.5. The molecule has 0 saturated carbocycles. The molecule has 0 spiro atoms. The molecular weight excluding hydrogens is 280 g/mol. The van der Waals surface area contributed by atoms with Crippen molar-refractivity contribution in [3.63, 3.8) is 0 Å². The summed E-state index contributed by atoms with van der Waals surface area (Å²) >= 11 is 0. The smallest absolute Gasteiger partial charge is 0.254 e. The minimum absolute atomic E-state index is 0.0757. The Morgan fingerprint density at radius 1 is 0.955 bits per heavy atom. The molecule has 1 aromatic carbocycles. The maximum absolute atomic E-state index is 12.3. The number of hydrogen-bond acceptors (Lipinski definition) is 3. The van der Waals surface area contributed by atoms with E-state index >= 15 is 0 Å². The predicted molar refractivity (Wildman–Crippen MR) is 85.8 cm³/mol. The molecule has 4 rings (SSSR count). The fourth-order valence-electron chi connectivity index (χ4n) is 3.42. The molecule has 22 heavy (non-hydrogen) atoms. The first-order valence-corrected chi connectivity index (χ1v) is 7.26. The minimum Gasteiger partial charge on any atom is -0.466 e. The van der Waals surface area contributed by atoms with Crippen LogP contribution in [0.2, 0.25) is 0 Å². The maximum atomic E-state index is 12.3. The molecule has 3 aromatic rings. The summed E-state index contributed by atoms with van der Waals surface area (Å²) in [6.45, 7) is 5.69. The van der Waals surface area contributed by atoms with E-state index in [1.807, 2.05) is 20.8 Å². The van der Waals surface area contributed by atoms with Gasteiger partial charge in [-0.2, -0.15) is 0 Å². The molecule has 1 aliphatic rings. The Morgan fingerprint density at radius 3 is 2.23 bits per heavy atom. The number of nitrogens with zero attached hydrogens (tertiary/aromatic N) is 2. The first-order chi connectivity index (χ1) is 10.4. The highest BCUT2D eigenvalue weighted by Crippen LogP contribution is 2.41. The Morgan fingerprint density at radius 2 is 1.55 bits per heavy atom. The molecule has 1 atom stereocenters. The summed E-state index contributed by atoms with van der Waals surface area (Å²) < 4.78 is 9.21. The van der Waals surface area contributed by atoms with Crippen LogP contribution in [0.25, 0.3) is 21.8 Å². The van der Waals surface area contributed by atoms with Crippen molar-refractivity contribution < 1.29 is 4.74 Å². The number of pyridine rings is 2. The zero-order valence-electron chi connectivity index (χ0n) is 12.9. The van der Waals surface area contributed by atoms with E-state index in [0.717, 1.165) is 32.9 Å². The van der Waals surface area contributed by atoms with E-state index in [9.17, 15) is 9.59 Å². The molecular formula is C17H16N2O3. The molecule has 5 heteroatoms. The van der Waals surface area contributed by atoms with E-state index in [1.54, 1.807) is 28.3 Å². The van der Waals surface area contributed by atoms with Crippen LogP contribution in [0, 0.1) is 13.8 Å². The first-order valence-electron chi connectivity index (χ1n) is 7.26. The van der Waals surface area contributed by atoms with Gasteiger partial charge in [-0.25, -0.2) is 0 Å². The summed E-state index contributed by atoms with van der Waals surface area (Å²) in [4.78, 5) is 24.4. The Balaban J connectivity index is 2.40. The van der Waals surface area contributed by atoms with E-state index in [-0.39, 0.29) is 17.3 Å². The van der Waals surface area contributed by atoms with E-state index in [2.05, 4.69) is 6.07 Å². The first kappa shape index (κ1) is 13.1. The molecule has 0 aliphatic carbocycles. The van der Waals surface area contributed by atoms with Crippen molar-refractivity contribution in [3.05, 3.63) is 50.0 Å². The van der Waals surface area contributed by atoms with Crippen LogP contribution in [0.1, 0.15) is 24.3 Å². The highest BCUT2D eigenvalue weighted by molar-refractivity contribution is 6.05. The van der Waals surface area contributed by atoms with Crippen LogP contribution in [-0.4, -0.2) is 9.13 Å². The Kier molecular flexibility index (Phi) is 2.39. The van der Waals surface area contributed by atoms with Crippen LogP contribution in [0.5, 0.6) is 5.75 Å². The summed E-state index contributed by atoms with van der Waals surface area (Å²) in [6, 6.07) is 5.32. The van der Waals surface area contributed by atoms with Crippen molar-refractivity contribution in [2.24, 2.45) is 7.05 Å². The van der Waals surface area contributed by atoms with Crippen LogP contribution in [0.4, 0.5) is 0 Å². The third kappa shape index (κ3) is 1.43. The third-order valence-corrected chi connectivity index (χ3v) is 4.56. The van der Waals surface area contributed by atoms with Gasteiger partial charge in [-0.1, -0.05) is 0 Å². The lowest BCUT2D eigenvalue weighted by Gasteiger charge is -2.12. The van der Waals surface area contributed by atoms with E-state index in [1.165, 1.54) is 0 Å². The second-order valence-corrected chi connectivity index (χ2v) is 5.98. The number of ether oxygens (including phenoxy) is 1. The van der Waals surface area contributed by atoms with Crippen molar-refractivity contribution in [3.8, 4) is 5.75 Å². The topological polar surface area (TPSA) is 53.2 Å². The van der Waals surface area contributed by atoms with Gasteiger partial charge in [0.2, 0.25) is 0 Å². The standard InChI is InChI=1S/C17H16N2O3/c1-8-5-13(20)18(4)15-11(8)7-12-9(2)6-14(21)19-10(3)22-17(15)16(12)19/h5-7,10H,1-4H3. The van der Waals surface area contributed by atoms with Crippen molar-refractivity contribution in [1.29, 1.82) is 0 Å². The van der Waals surface area contributed by atoms with Gasteiger partial charge in [-0.3, -0.25) is 14.2 Å².